The number of hydrogen-bond donors (Lipinski definition) is 0. The molecule has 0 amide bonds. The van der Waals surface area contributed by atoms with Crippen molar-refractivity contribution < 1.29 is 18.9 Å². The highest BCUT2D eigenvalue weighted by atomic mass is 16.8. The van der Waals surface area contributed by atoms with E-state index in [1.165, 1.54) is 14.2 Å². The molecule has 2 rings (SSSR count). The first-order chi connectivity index (χ1) is 9.31. The largest absolute Gasteiger partial charge is 0.457 e. The summed E-state index contributed by atoms with van der Waals surface area (Å²) in [6, 6.07) is 16.8. The molecule has 4 heteroatoms. The van der Waals surface area contributed by atoms with Crippen molar-refractivity contribution in [1.82, 2.24) is 0 Å². The number of methoxy groups -OCH3 is 2. The zero-order valence-electron chi connectivity index (χ0n) is 10.9. The van der Waals surface area contributed by atoms with Gasteiger partial charge in [-0.25, -0.2) is 0 Å². The van der Waals surface area contributed by atoms with Crippen LogP contribution in [0.5, 0.6) is 17.2 Å². The van der Waals surface area contributed by atoms with Gasteiger partial charge in [0.15, 0.2) is 0 Å². The van der Waals surface area contributed by atoms with Crippen molar-refractivity contribution in [2.75, 3.05) is 14.2 Å². The average Bonchev–Trinajstić information content (AvgIpc) is 2.47. The molecule has 100 valence electrons. The zero-order chi connectivity index (χ0) is 13.5. The maximum absolute atomic E-state index is 5.67. The number of rotatable bonds is 6. The summed E-state index contributed by atoms with van der Waals surface area (Å²) in [6.07, 6.45) is 0. The maximum atomic E-state index is 5.67. The monoisotopic (exact) mass is 260 g/mol. The summed E-state index contributed by atoms with van der Waals surface area (Å²) in [5, 5.41) is 0. The summed E-state index contributed by atoms with van der Waals surface area (Å²) < 4.78 is 21.0. The van der Waals surface area contributed by atoms with Gasteiger partial charge in [0.1, 0.15) is 17.2 Å². The van der Waals surface area contributed by atoms with Gasteiger partial charge in [-0.3, -0.25) is 0 Å². The Hall–Kier alpha value is -2.04. The molecule has 0 saturated heterocycles. The molecule has 4 nitrogen and oxygen atoms in total. The summed E-state index contributed by atoms with van der Waals surface area (Å²) in [4.78, 5) is 0. The zero-order valence-corrected chi connectivity index (χ0v) is 10.9. The molecule has 0 heterocycles. The highest BCUT2D eigenvalue weighted by Crippen LogP contribution is 2.24. The molecule has 0 fully saturated rings. The SMILES string of the molecule is COC(OC)Oc1ccc(Oc2ccccc2)cc1. The van der Waals surface area contributed by atoms with E-state index in [4.69, 9.17) is 18.9 Å². The molecule has 0 atom stereocenters. The van der Waals surface area contributed by atoms with Crippen LogP contribution in [-0.4, -0.2) is 20.7 Å². The average molecular weight is 260 g/mol. The Kier molecular flexibility index (Phi) is 4.78. The molecule has 0 aliphatic rings. The van der Waals surface area contributed by atoms with E-state index in [1.807, 2.05) is 42.5 Å². The van der Waals surface area contributed by atoms with Gasteiger partial charge in [0.25, 0.3) is 0 Å². The first kappa shape index (κ1) is 13.4. The van der Waals surface area contributed by atoms with Crippen molar-refractivity contribution in [3.05, 3.63) is 54.6 Å². The van der Waals surface area contributed by atoms with Crippen molar-refractivity contribution in [2.24, 2.45) is 0 Å². The van der Waals surface area contributed by atoms with Gasteiger partial charge in [0.05, 0.1) is 0 Å². The highest BCUT2D eigenvalue weighted by molar-refractivity contribution is 5.35. The van der Waals surface area contributed by atoms with Gasteiger partial charge in [0.2, 0.25) is 0 Å². The van der Waals surface area contributed by atoms with E-state index in [-0.39, 0.29) is 0 Å². The van der Waals surface area contributed by atoms with Crippen LogP contribution < -0.4 is 9.47 Å². The van der Waals surface area contributed by atoms with Gasteiger partial charge >= 0.3 is 6.48 Å². The Morgan fingerprint density at radius 3 is 1.79 bits per heavy atom. The Morgan fingerprint density at radius 2 is 1.21 bits per heavy atom. The normalized spacial score (nSPS) is 10.5. The minimum absolute atomic E-state index is 0.647. The number of hydrogen-bond acceptors (Lipinski definition) is 4. The minimum Gasteiger partial charge on any atom is -0.457 e. The molecule has 0 aliphatic heterocycles. The molecule has 0 aliphatic carbocycles. The van der Waals surface area contributed by atoms with Crippen molar-refractivity contribution >= 4 is 0 Å². The molecule has 0 N–H and O–H groups in total. The topological polar surface area (TPSA) is 36.9 Å². The third-order valence-electron chi connectivity index (χ3n) is 2.42. The second-order valence-corrected chi connectivity index (χ2v) is 3.76. The fourth-order valence-corrected chi connectivity index (χ4v) is 1.51. The first-order valence-corrected chi connectivity index (χ1v) is 5.87. The Labute approximate surface area is 112 Å². The molecule has 0 aromatic heterocycles. The third kappa shape index (κ3) is 3.98. The number of para-hydroxylation sites is 1. The van der Waals surface area contributed by atoms with Gasteiger partial charge in [-0.1, -0.05) is 18.2 Å². The fraction of sp³-hybridized carbons (Fsp3) is 0.200. The Morgan fingerprint density at radius 1 is 0.684 bits per heavy atom. The predicted molar refractivity (Wildman–Crippen MR) is 71.4 cm³/mol. The van der Waals surface area contributed by atoms with Crippen LogP contribution in [0, 0.1) is 0 Å². The summed E-state index contributed by atoms with van der Waals surface area (Å²) in [6.45, 7) is -0.708. The lowest BCUT2D eigenvalue weighted by Gasteiger charge is -2.15. The third-order valence-corrected chi connectivity index (χ3v) is 2.42. The van der Waals surface area contributed by atoms with Gasteiger partial charge in [-0.05, 0) is 36.4 Å². The summed E-state index contributed by atoms with van der Waals surface area (Å²) in [5.74, 6) is 2.18. The van der Waals surface area contributed by atoms with E-state index < -0.39 is 6.48 Å². The maximum Gasteiger partial charge on any atom is 0.315 e. The van der Waals surface area contributed by atoms with Crippen LogP contribution >= 0.6 is 0 Å². The van der Waals surface area contributed by atoms with Crippen LogP contribution in [-0.2, 0) is 9.47 Å². The lowest BCUT2D eigenvalue weighted by Crippen LogP contribution is -2.20. The first-order valence-electron chi connectivity index (χ1n) is 5.87. The molecule has 2 aromatic rings. The highest BCUT2D eigenvalue weighted by Gasteiger charge is 2.06. The molecule has 0 saturated carbocycles. The van der Waals surface area contributed by atoms with Crippen molar-refractivity contribution in [3.8, 4) is 17.2 Å². The summed E-state index contributed by atoms with van der Waals surface area (Å²) >= 11 is 0. The van der Waals surface area contributed by atoms with E-state index in [9.17, 15) is 0 Å². The fourth-order valence-electron chi connectivity index (χ4n) is 1.51. The van der Waals surface area contributed by atoms with E-state index in [2.05, 4.69) is 0 Å². The van der Waals surface area contributed by atoms with Crippen molar-refractivity contribution in [2.45, 2.75) is 6.48 Å². The van der Waals surface area contributed by atoms with Crippen LogP contribution in [0.15, 0.2) is 54.6 Å². The van der Waals surface area contributed by atoms with Gasteiger partial charge in [0, 0.05) is 14.2 Å². The molecule has 0 unspecified atom stereocenters. The minimum atomic E-state index is -0.708. The predicted octanol–water partition coefficient (Wildman–Crippen LogP) is 3.43. The number of ether oxygens (including phenoxy) is 4. The lowest BCUT2D eigenvalue weighted by molar-refractivity contribution is -0.219. The van der Waals surface area contributed by atoms with Crippen LogP contribution in [0.1, 0.15) is 0 Å². The molecular formula is C15H16O4. The molecule has 2 aromatic carbocycles. The van der Waals surface area contributed by atoms with Crippen molar-refractivity contribution in [3.63, 3.8) is 0 Å². The second kappa shape index (κ2) is 6.78. The van der Waals surface area contributed by atoms with Crippen LogP contribution in [0.2, 0.25) is 0 Å². The van der Waals surface area contributed by atoms with Crippen LogP contribution in [0.25, 0.3) is 0 Å². The van der Waals surface area contributed by atoms with Gasteiger partial charge < -0.3 is 18.9 Å². The van der Waals surface area contributed by atoms with E-state index in [0.29, 0.717) is 5.75 Å². The molecule has 19 heavy (non-hydrogen) atoms. The smallest absolute Gasteiger partial charge is 0.315 e. The number of benzene rings is 2. The van der Waals surface area contributed by atoms with E-state index in [0.717, 1.165) is 11.5 Å². The molecule has 0 spiro atoms. The molecule has 0 radical (unpaired) electrons. The quantitative estimate of drug-likeness (QED) is 0.746. The van der Waals surface area contributed by atoms with Gasteiger partial charge in [-0.2, -0.15) is 0 Å². The Balaban J connectivity index is 1.98. The van der Waals surface area contributed by atoms with Crippen LogP contribution in [0.4, 0.5) is 0 Å². The molecular weight excluding hydrogens is 244 g/mol. The molecule has 0 bridgehead atoms. The van der Waals surface area contributed by atoms with E-state index in [1.54, 1.807) is 12.1 Å². The second-order valence-electron chi connectivity index (χ2n) is 3.76. The lowest BCUT2D eigenvalue weighted by atomic mass is 10.3. The van der Waals surface area contributed by atoms with E-state index >= 15 is 0 Å². The van der Waals surface area contributed by atoms with Crippen molar-refractivity contribution in [1.29, 1.82) is 0 Å². The summed E-state index contributed by atoms with van der Waals surface area (Å²) in [7, 11) is 3.03. The Bertz CT molecular complexity index is 477. The standard InChI is InChI=1S/C15H16O4/c1-16-15(17-2)19-14-10-8-13(9-11-14)18-12-6-4-3-5-7-12/h3-11,15H,1-2H3. The van der Waals surface area contributed by atoms with Gasteiger partial charge in [-0.15, -0.1) is 0 Å². The summed E-state index contributed by atoms with van der Waals surface area (Å²) in [5.41, 5.74) is 0. The van der Waals surface area contributed by atoms with Crippen LogP contribution in [0.3, 0.4) is 0 Å².